The largest absolute Gasteiger partial charge is 0.467 e. The molecular formula is C15H20N2O3. The Bertz CT molecular complexity index is 499. The van der Waals surface area contributed by atoms with E-state index in [-0.39, 0.29) is 12.1 Å². The highest BCUT2D eigenvalue weighted by Crippen LogP contribution is 2.40. The van der Waals surface area contributed by atoms with Gasteiger partial charge in [-0.25, -0.2) is 9.59 Å². The van der Waals surface area contributed by atoms with Crippen LogP contribution in [0.2, 0.25) is 0 Å². The molecule has 2 amide bonds. The molecule has 0 spiro atoms. The van der Waals surface area contributed by atoms with Crippen molar-refractivity contribution in [1.82, 2.24) is 10.6 Å². The summed E-state index contributed by atoms with van der Waals surface area (Å²) in [5.74, 6) is -0.105. The lowest BCUT2D eigenvalue weighted by atomic mass is 10.1. The Labute approximate surface area is 118 Å². The van der Waals surface area contributed by atoms with Gasteiger partial charge >= 0.3 is 12.0 Å². The minimum Gasteiger partial charge on any atom is -0.467 e. The number of carbonyl (C=O) groups is 2. The molecule has 5 nitrogen and oxygen atoms in total. The van der Waals surface area contributed by atoms with Crippen LogP contribution in [-0.4, -0.2) is 30.7 Å². The van der Waals surface area contributed by atoms with Crippen molar-refractivity contribution in [2.24, 2.45) is 0 Å². The Balaban J connectivity index is 1.84. The summed E-state index contributed by atoms with van der Waals surface area (Å²) in [6.07, 6.45) is 0.927. The van der Waals surface area contributed by atoms with Gasteiger partial charge in [0.2, 0.25) is 0 Å². The summed E-state index contributed by atoms with van der Waals surface area (Å²) in [4.78, 5) is 23.4. The van der Waals surface area contributed by atoms with Crippen LogP contribution >= 0.6 is 0 Å². The third kappa shape index (κ3) is 3.29. The van der Waals surface area contributed by atoms with E-state index in [4.69, 9.17) is 0 Å². The average molecular weight is 276 g/mol. The fourth-order valence-corrected chi connectivity index (χ4v) is 2.22. The molecule has 1 aromatic carbocycles. The van der Waals surface area contributed by atoms with Gasteiger partial charge in [0.25, 0.3) is 0 Å². The molecule has 0 aromatic heterocycles. The van der Waals surface area contributed by atoms with Gasteiger partial charge in [-0.15, -0.1) is 0 Å². The van der Waals surface area contributed by atoms with Gasteiger partial charge in [-0.1, -0.05) is 30.3 Å². The number of benzene rings is 1. The van der Waals surface area contributed by atoms with Gasteiger partial charge in [0.1, 0.15) is 5.54 Å². The minimum absolute atomic E-state index is 0.130. The maximum Gasteiger partial charge on any atom is 0.331 e. The molecule has 1 saturated carbocycles. The molecule has 0 aliphatic heterocycles. The van der Waals surface area contributed by atoms with Gasteiger partial charge in [-0.05, 0) is 25.8 Å². The first-order chi connectivity index (χ1) is 9.44. The first-order valence-corrected chi connectivity index (χ1v) is 6.66. The van der Waals surface area contributed by atoms with Crippen molar-refractivity contribution in [1.29, 1.82) is 0 Å². The van der Waals surface area contributed by atoms with Crippen LogP contribution in [0.1, 0.15) is 31.7 Å². The van der Waals surface area contributed by atoms with E-state index in [0.717, 1.165) is 6.42 Å². The van der Waals surface area contributed by atoms with Crippen LogP contribution in [-0.2, 0) is 9.53 Å². The first kappa shape index (κ1) is 14.4. The van der Waals surface area contributed by atoms with E-state index in [1.807, 2.05) is 18.2 Å². The van der Waals surface area contributed by atoms with Crippen LogP contribution in [0.15, 0.2) is 30.3 Å². The van der Waals surface area contributed by atoms with E-state index in [2.05, 4.69) is 27.5 Å². The summed E-state index contributed by atoms with van der Waals surface area (Å²) in [5.41, 5.74) is 0.195. The van der Waals surface area contributed by atoms with Crippen molar-refractivity contribution in [2.75, 3.05) is 7.11 Å². The number of ether oxygens (including phenoxy) is 1. The molecule has 2 unspecified atom stereocenters. The topological polar surface area (TPSA) is 67.4 Å². The Morgan fingerprint density at radius 2 is 1.90 bits per heavy atom. The third-order valence-electron chi connectivity index (χ3n) is 3.46. The Morgan fingerprint density at radius 3 is 2.50 bits per heavy atom. The summed E-state index contributed by atoms with van der Waals surface area (Å²) in [6.45, 7) is 3.22. The van der Waals surface area contributed by atoms with Crippen molar-refractivity contribution in [3.8, 4) is 0 Å². The molecule has 1 fully saturated rings. The van der Waals surface area contributed by atoms with E-state index >= 15 is 0 Å². The summed E-state index contributed by atoms with van der Waals surface area (Å²) in [5, 5.41) is 5.51. The Morgan fingerprint density at radius 1 is 1.25 bits per heavy atom. The molecule has 1 aliphatic rings. The smallest absolute Gasteiger partial charge is 0.331 e. The summed E-state index contributed by atoms with van der Waals surface area (Å²) in [6, 6.07) is 9.86. The number of nitrogens with one attached hydrogen (secondary N) is 2. The molecule has 20 heavy (non-hydrogen) atoms. The maximum absolute atomic E-state index is 11.9. The van der Waals surface area contributed by atoms with Gasteiger partial charge in [0.15, 0.2) is 0 Å². The number of urea groups is 1. The summed E-state index contributed by atoms with van der Waals surface area (Å²) in [7, 11) is 1.30. The Kier molecular flexibility index (Phi) is 3.97. The second-order valence-electron chi connectivity index (χ2n) is 5.57. The van der Waals surface area contributed by atoms with E-state index in [0.29, 0.717) is 5.92 Å². The molecule has 0 saturated heterocycles. The number of hydrogen-bond donors (Lipinski definition) is 2. The van der Waals surface area contributed by atoms with Crippen molar-refractivity contribution in [3.63, 3.8) is 0 Å². The first-order valence-electron chi connectivity index (χ1n) is 6.66. The van der Waals surface area contributed by atoms with Crippen LogP contribution < -0.4 is 10.6 Å². The van der Waals surface area contributed by atoms with Crippen LogP contribution in [0, 0.1) is 0 Å². The zero-order chi connectivity index (χ0) is 14.8. The predicted octanol–water partition coefficient (Wildman–Crippen LogP) is 1.79. The van der Waals surface area contributed by atoms with Crippen molar-refractivity contribution < 1.29 is 14.3 Å². The highest BCUT2D eigenvalue weighted by molar-refractivity contribution is 5.86. The molecule has 108 valence electrons. The van der Waals surface area contributed by atoms with Crippen molar-refractivity contribution in [3.05, 3.63) is 35.9 Å². The molecule has 2 atom stereocenters. The molecule has 0 heterocycles. The molecule has 0 radical (unpaired) electrons. The van der Waals surface area contributed by atoms with Crippen molar-refractivity contribution in [2.45, 2.75) is 37.8 Å². The fraction of sp³-hybridized carbons (Fsp3) is 0.467. The zero-order valence-electron chi connectivity index (χ0n) is 12.0. The second-order valence-corrected chi connectivity index (χ2v) is 5.57. The number of methoxy groups -OCH3 is 1. The molecular weight excluding hydrogens is 256 g/mol. The van der Waals surface area contributed by atoms with Gasteiger partial charge in [-0.3, -0.25) is 0 Å². The zero-order valence-corrected chi connectivity index (χ0v) is 12.0. The second kappa shape index (κ2) is 5.53. The van der Waals surface area contributed by atoms with Crippen LogP contribution in [0.3, 0.4) is 0 Å². The lowest BCUT2D eigenvalue weighted by Crippen LogP contribution is -2.54. The molecule has 2 N–H and O–H groups in total. The molecule has 5 heteroatoms. The van der Waals surface area contributed by atoms with Gasteiger partial charge in [0.05, 0.1) is 7.11 Å². The van der Waals surface area contributed by atoms with E-state index in [1.54, 1.807) is 13.8 Å². The number of esters is 1. The van der Waals surface area contributed by atoms with E-state index in [9.17, 15) is 9.59 Å². The highest BCUT2D eigenvalue weighted by Gasteiger charge is 2.40. The van der Waals surface area contributed by atoms with Crippen molar-refractivity contribution >= 4 is 12.0 Å². The minimum atomic E-state index is -1.03. The summed E-state index contributed by atoms with van der Waals surface area (Å²) >= 11 is 0. The van der Waals surface area contributed by atoms with Crippen LogP contribution in [0.5, 0.6) is 0 Å². The predicted molar refractivity (Wildman–Crippen MR) is 75.4 cm³/mol. The van der Waals surface area contributed by atoms with Gasteiger partial charge < -0.3 is 15.4 Å². The number of amides is 2. The third-order valence-corrected chi connectivity index (χ3v) is 3.46. The van der Waals surface area contributed by atoms with Gasteiger partial charge in [-0.2, -0.15) is 0 Å². The molecule has 1 aromatic rings. The number of carbonyl (C=O) groups excluding carboxylic acids is 2. The monoisotopic (exact) mass is 276 g/mol. The molecule has 0 bridgehead atoms. The number of hydrogen-bond acceptors (Lipinski definition) is 3. The number of rotatable bonds is 4. The quantitative estimate of drug-likeness (QED) is 0.824. The van der Waals surface area contributed by atoms with Gasteiger partial charge in [0, 0.05) is 12.0 Å². The summed E-state index contributed by atoms with van der Waals surface area (Å²) < 4.78 is 4.65. The van der Waals surface area contributed by atoms with Crippen LogP contribution in [0.25, 0.3) is 0 Å². The lowest BCUT2D eigenvalue weighted by molar-refractivity contribution is -0.146. The van der Waals surface area contributed by atoms with E-state index < -0.39 is 11.5 Å². The highest BCUT2D eigenvalue weighted by atomic mass is 16.5. The van der Waals surface area contributed by atoms with Crippen LogP contribution in [0.4, 0.5) is 4.79 Å². The lowest BCUT2D eigenvalue weighted by Gasteiger charge is -2.23. The normalized spacial score (nSPS) is 20.9. The average Bonchev–Trinajstić information content (AvgIpc) is 3.17. The molecule has 2 rings (SSSR count). The maximum atomic E-state index is 11.9. The Hall–Kier alpha value is -2.04. The standard InChI is InChI=1S/C15H20N2O3/c1-15(2,13(18)20-3)17-14(19)16-12-9-11(12)10-7-5-4-6-8-10/h4-8,11-12H,9H2,1-3H3,(H2,16,17,19). The fourth-order valence-electron chi connectivity index (χ4n) is 2.22. The SMILES string of the molecule is COC(=O)C(C)(C)NC(=O)NC1CC1c1ccccc1. The molecule has 1 aliphatic carbocycles. The van der Waals surface area contributed by atoms with E-state index in [1.165, 1.54) is 12.7 Å².